The third kappa shape index (κ3) is 4.32. The van der Waals surface area contributed by atoms with E-state index in [1.54, 1.807) is 0 Å². The molecule has 0 bridgehead atoms. The summed E-state index contributed by atoms with van der Waals surface area (Å²) < 4.78 is 23.1. The van der Waals surface area contributed by atoms with Crippen molar-refractivity contribution < 1.29 is 28.2 Å². The second-order valence-electron chi connectivity index (χ2n) is 3.90. The summed E-state index contributed by atoms with van der Waals surface area (Å²) in [4.78, 5) is 34.9. The summed E-state index contributed by atoms with van der Waals surface area (Å²) in [6, 6.07) is 3.63. The van der Waals surface area contributed by atoms with Crippen molar-refractivity contribution in [2.45, 2.75) is 13.0 Å². The van der Waals surface area contributed by atoms with Gasteiger partial charge in [0.05, 0.1) is 13.7 Å². The van der Waals surface area contributed by atoms with Crippen LogP contribution in [0.15, 0.2) is 24.3 Å². The van der Waals surface area contributed by atoms with Crippen molar-refractivity contribution in [1.29, 1.82) is 0 Å². The minimum atomic E-state index is -1.59. The van der Waals surface area contributed by atoms with Crippen LogP contribution in [0.1, 0.15) is 18.5 Å². The zero-order valence-corrected chi connectivity index (χ0v) is 12.6. The van der Waals surface area contributed by atoms with Crippen LogP contribution in [0.3, 0.4) is 0 Å². The van der Waals surface area contributed by atoms with E-state index in [9.17, 15) is 18.8 Å². The van der Waals surface area contributed by atoms with E-state index in [-0.39, 0.29) is 12.2 Å². The number of nitrogens with zero attached hydrogens (tertiary/aromatic N) is 1. The van der Waals surface area contributed by atoms with Gasteiger partial charge >= 0.3 is 17.4 Å². The van der Waals surface area contributed by atoms with Crippen LogP contribution in [0.2, 0.25) is 0 Å². The maximum atomic E-state index is 14.0. The lowest BCUT2D eigenvalue weighted by molar-refractivity contribution is -0.149. The molecule has 7 nitrogen and oxygen atoms in total. The molecular formula is C13H14ClFN2O5. The smallest absolute Gasteiger partial charge is 0.425 e. The molecule has 0 heterocycles. The number of benzene rings is 1. The van der Waals surface area contributed by atoms with Crippen molar-refractivity contribution in [3.63, 3.8) is 0 Å². The number of nitrogens with one attached hydrogen (secondary N) is 1. The number of carbonyl (C=O) groups is 3. The third-order valence-corrected chi connectivity index (χ3v) is 2.74. The van der Waals surface area contributed by atoms with E-state index in [2.05, 4.69) is 4.74 Å². The normalized spacial score (nSPS) is 11.3. The summed E-state index contributed by atoms with van der Waals surface area (Å²) >= 11 is 5.37. The number of hydrogen-bond acceptors (Lipinski definition) is 5. The molecule has 0 aliphatic rings. The Labute approximate surface area is 130 Å². The molecule has 1 rings (SSSR count). The summed E-state index contributed by atoms with van der Waals surface area (Å²) in [5, 5.41) is -0.782. The van der Waals surface area contributed by atoms with Crippen molar-refractivity contribution in [2.24, 2.45) is 0 Å². The fourth-order valence-corrected chi connectivity index (χ4v) is 1.78. The second-order valence-corrected chi connectivity index (χ2v) is 4.23. The number of ether oxygens (including phenoxy) is 2. The molecule has 0 fully saturated rings. The highest BCUT2D eigenvalue weighted by molar-refractivity contribution is 6.62. The zero-order chi connectivity index (χ0) is 16.7. The van der Waals surface area contributed by atoms with E-state index in [0.717, 1.165) is 13.2 Å². The van der Waals surface area contributed by atoms with Gasteiger partial charge in [-0.2, -0.15) is 0 Å². The van der Waals surface area contributed by atoms with Gasteiger partial charge in [-0.1, -0.05) is 18.2 Å². The number of hydrogen-bond donors (Lipinski definition) is 1. The number of halogens is 2. The molecule has 0 aliphatic carbocycles. The maximum Gasteiger partial charge on any atom is 0.425 e. The molecule has 0 spiro atoms. The number of esters is 1. The molecule has 1 aromatic rings. The lowest BCUT2D eigenvalue weighted by Gasteiger charge is -2.28. The van der Waals surface area contributed by atoms with E-state index in [4.69, 9.17) is 16.3 Å². The number of rotatable bonds is 4. The van der Waals surface area contributed by atoms with Crippen molar-refractivity contribution in [2.75, 3.05) is 13.7 Å². The van der Waals surface area contributed by atoms with Crippen LogP contribution in [0, 0.1) is 5.82 Å². The van der Waals surface area contributed by atoms with E-state index in [1.807, 2.05) is 5.43 Å². The van der Waals surface area contributed by atoms with Crippen molar-refractivity contribution in [1.82, 2.24) is 10.4 Å². The Morgan fingerprint density at radius 3 is 2.50 bits per heavy atom. The monoisotopic (exact) mass is 332 g/mol. The minimum absolute atomic E-state index is 0.00761. The van der Waals surface area contributed by atoms with Gasteiger partial charge in [-0.25, -0.2) is 24.4 Å². The van der Waals surface area contributed by atoms with Crippen LogP contribution in [0.4, 0.5) is 14.0 Å². The molecular weight excluding hydrogens is 319 g/mol. The highest BCUT2D eigenvalue weighted by atomic mass is 35.5. The molecule has 0 radical (unpaired) electrons. The van der Waals surface area contributed by atoms with Crippen LogP contribution in [-0.2, 0) is 14.3 Å². The van der Waals surface area contributed by atoms with Gasteiger partial charge in [0.25, 0.3) is 0 Å². The van der Waals surface area contributed by atoms with Gasteiger partial charge in [0.15, 0.2) is 6.04 Å². The fourth-order valence-electron chi connectivity index (χ4n) is 1.64. The predicted octanol–water partition coefficient (Wildman–Crippen LogP) is 2.36. The summed E-state index contributed by atoms with van der Waals surface area (Å²) in [5.74, 6) is -1.73. The molecule has 120 valence electrons. The Hall–Kier alpha value is -2.35. The molecule has 1 aromatic carbocycles. The highest BCUT2D eigenvalue weighted by Crippen LogP contribution is 2.25. The van der Waals surface area contributed by atoms with Gasteiger partial charge in [-0.05, 0) is 24.6 Å². The number of carbonyl (C=O) groups excluding carboxylic acids is 3. The van der Waals surface area contributed by atoms with E-state index in [1.165, 1.54) is 25.1 Å². The molecule has 2 amide bonds. The molecule has 0 aliphatic heterocycles. The Morgan fingerprint density at radius 1 is 1.36 bits per heavy atom. The van der Waals surface area contributed by atoms with Crippen LogP contribution >= 0.6 is 11.6 Å². The Morgan fingerprint density at radius 2 is 2.00 bits per heavy atom. The fraction of sp³-hybridized carbons (Fsp3) is 0.308. The van der Waals surface area contributed by atoms with E-state index < -0.39 is 29.3 Å². The average Bonchev–Trinajstić information content (AvgIpc) is 2.48. The van der Waals surface area contributed by atoms with Gasteiger partial charge < -0.3 is 9.47 Å². The predicted molar refractivity (Wildman–Crippen MR) is 74.4 cm³/mol. The van der Waals surface area contributed by atoms with Gasteiger partial charge in [0, 0.05) is 5.56 Å². The van der Waals surface area contributed by atoms with Crippen molar-refractivity contribution in [3.05, 3.63) is 35.6 Å². The van der Waals surface area contributed by atoms with Gasteiger partial charge in [-0.15, -0.1) is 0 Å². The molecule has 0 aromatic heterocycles. The Kier molecular flexibility index (Phi) is 6.58. The summed E-state index contributed by atoms with van der Waals surface area (Å²) in [7, 11) is 1.05. The van der Waals surface area contributed by atoms with Crippen LogP contribution in [0.25, 0.3) is 0 Å². The first-order chi connectivity index (χ1) is 10.4. The van der Waals surface area contributed by atoms with Crippen LogP contribution in [0.5, 0.6) is 0 Å². The van der Waals surface area contributed by atoms with Crippen LogP contribution < -0.4 is 5.43 Å². The summed E-state index contributed by atoms with van der Waals surface area (Å²) in [5.41, 5.74) is 1.77. The summed E-state index contributed by atoms with van der Waals surface area (Å²) in [6.07, 6.45) is -1.06. The first-order valence-corrected chi connectivity index (χ1v) is 6.54. The van der Waals surface area contributed by atoms with Crippen LogP contribution in [-0.4, -0.2) is 36.2 Å². The van der Waals surface area contributed by atoms with Gasteiger partial charge in [-0.3, -0.25) is 4.79 Å². The molecule has 1 atom stereocenters. The Bertz CT molecular complexity index is 569. The summed E-state index contributed by atoms with van der Waals surface area (Å²) in [6.45, 7) is 1.53. The molecule has 9 heteroatoms. The standard InChI is InChI=1S/C13H14ClFN2O5/c1-3-22-11(18)10(8-6-4-5-7-9(8)15)17(12(14)19)16-13(20)21-2/h4-7,10H,3H2,1-2H3,(H,16,20). The molecule has 1 unspecified atom stereocenters. The molecule has 22 heavy (non-hydrogen) atoms. The maximum absolute atomic E-state index is 14.0. The topological polar surface area (TPSA) is 84.9 Å². The lowest BCUT2D eigenvalue weighted by atomic mass is 10.1. The van der Waals surface area contributed by atoms with E-state index in [0.29, 0.717) is 5.01 Å². The second kappa shape index (κ2) is 8.18. The van der Waals surface area contributed by atoms with E-state index >= 15 is 0 Å². The Balaban J connectivity index is 3.28. The van der Waals surface area contributed by atoms with Crippen molar-refractivity contribution >= 4 is 29.0 Å². The lowest BCUT2D eigenvalue weighted by Crippen LogP contribution is -2.49. The SMILES string of the molecule is CCOC(=O)C(c1ccccc1F)N(NC(=O)OC)C(=O)Cl. The largest absolute Gasteiger partial charge is 0.464 e. The van der Waals surface area contributed by atoms with Crippen molar-refractivity contribution in [3.8, 4) is 0 Å². The molecule has 0 saturated carbocycles. The molecule has 1 N–H and O–H groups in total. The minimum Gasteiger partial charge on any atom is -0.464 e. The quantitative estimate of drug-likeness (QED) is 0.396. The zero-order valence-electron chi connectivity index (χ0n) is 11.8. The van der Waals surface area contributed by atoms with Gasteiger partial charge in [0.1, 0.15) is 5.82 Å². The molecule has 0 saturated heterocycles. The number of hydrazine groups is 1. The first-order valence-electron chi connectivity index (χ1n) is 6.16. The number of amides is 2. The third-order valence-electron chi connectivity index (χ3n) is 2.55. The van der Waals surface area contributed by atoms with Gasteiger partial charge in [0.2, 0.25) is 0 Å². The first kappa shape index (κ1) is 17.7. The highest BCUT2D eigenvalue weighted by Gasteiger charge is 2.35. The number of methoxy groups -OCH3 is 1. The average molecular weight is 333 g/mol.